The van der Waals surface area contributed by atoms with E-state index in [0.29, 0.717) is 24.3 Å². The van der Waals surface area contributed by atoms with Gasteiger partial charge in [-0.2, -0.15) is 11.8 Å². The van der Waals surface area contributed by atoms with Crippen LogP contribution in [0.15, 0.2) is 12.5 Å². The number of imidazole rings is 1. The summed E-state index contributed by atoms with van der Waals surface area (Å²) in [5.41, 5.74) is 6.40. The molecule has 0 saturated heterocycles. The molecule has 1 rings (SSSR count). The molecule has 1 heterocycles. The summed E-state index contributed by atoms with van der Waals surface area (Å²) in [4.78, 5) is 67.9. The number of carbonyl (C=O) groups excluding carboxylic acids is 3. The predicted molar refractivity (Wildman–Crippen MR) is 128 cm³/mol. The molecular weight excluding hydrogens is 480 g/mol. The minimum Gasteiger partial charge on any atom is -0.481 e. The second-order valence-electron chi connectivity index (χ2n) is 8.10. The lowest BCUT2D eigenvalue weighted by molar-refractivity contribution is -0.144. The Morgan fingerprint density at radius 3 is 2.23 bits per heavy atom. The summed E-state index contributed by atoms with van der Waals surface area (Å²) in [7, 11) is 0. The van der Waals surface area contributed by atoms with Crippen LogP contribution in [-0.4, -0.2) is 86.0 Å². The van der Waals surface area contributed by atoms with Crippen LogP contribution in [0.2, 0.25) is 0 Å². The predicted octanol–water partition coefficient (Wildman–Crippen LogP) is -0.908. The molecule has 35 heavy (non-hydrogen) atoms. The molecule has 1 aromatic rings. The van der Waals surface area contributed by atoms with Gasteiger partial charge in [0.05, 0.1) is 18.8 Å². The molecule has 13 nitrogen and oxygen atoms in total. The van der Waals surface area contributed by atoms with Gasteiger partial charge in [-0.05, 0) is 24.3 Å². The van der Waals surface area contributed by atoms with Gasteiger partial charge in [-0.1, -0.05) is 20.3 Å². The van der Waals surface area contributed by atoms with Crippen molar-refractivity contribution in [3.63, 3.8) is 0 Å². The smallest absolute Gasteiger partial charge is 0.326 e. The first kappa shape index (κ1) is 29.9. The molecule has 5 unspecified atom stereocenters. The molecule has 0 radical (unpaired) electrons. The Morgan fingerprint density at radius 2 is 1.71 bits per heavy atom. The zero-order valence-electron chi connectivity index (χ0n) is 19.9. The highest BCUT2D eigenvalue weighted by Gasteiger charge is 2.33. The fraction of sp³-hybridized carbons (Fsp3) is 0.619. The SMILES string of the molecule is CCC(C)C(NC(=O)C(CC(=O)O)NC(=O)C(Cc1cnc[nH]1)NC(=O)C(N)CCSC)C(=O)O. The minimum absolute atomic E-state index is 0.0289. The highest BCUT2D eigenvalue weighted by molar-refractivity contribution is 7.98. The maximum atomic E-state index is 13.1. The molecule has 0 bridgehead atoms. The number of hydrogen-bond donors (Lipinski definition) is 7. The minimum atomic E-state index is -1.57. The summed E-state index contributed by atoms with van der Waals surface area (Å²) in [5.74, 6) is -4.84. The molecule has 14 heteroatoms. The average molecular weight is 515 g/mol. The molecule has 0 aromatic carbocycles. The van der Waals surface area contributed by atoms with E-state index in [4.69, 9.17) is 5.73 Å². The first-order chi connectivity index (χ1) is 16.5. The van der Waals surface area contributed by atoms with Crippen LogP contribution < -0.4 is 21.7 Å². The van der Waals surface area contributed by atoms with Crippen LogP contribution in [0, 0.1) is 5.92 Å². The third-order valence-corrected chi connectivity index (χ3v) is 6.01. The number of thioether (sulfide) groups is 1. The zero-order valence-corrected chi connectivity index (χ0v) is 20.8. The lowest BCUT2D eigenvalue weighted by atomic mass is 9.98. The van der Waals surface area contributed by atoms with Crippen molar-refractivity contribution in [2.45, 2.75) is 63.7 Å². The van der Waals surface area contributed by atoms with Gasteiger partial charge in [-0.3, -0.25) is 19.2 Å². The third kappa shape index (κ3) is 10.3. The molecule has 0 aliphatic heterocycles. The third-order valence-electron chi connectivity index (χ3n) is 5.37. The Hall–Kier alpha value is -3.13. The Balaban J connectivity index is 3.06. The van der Waals surface area contributed by atoms with Gasteiger partial charge in [0.15, 0.2) is 0 Å². The van der Waals surface area contributed by atoms with Crippen molar-refractivity contribution in [1.82, 2.24) is 25.9 Å². The van der Waals surface area contributed by atoms with Crippen molar-refractivity contribution >= 4 is 41.4 Å². The molecule has 0 aliphatic carbocycles. The Labute approximate surface area is 207 Å². The van der Waals surface area contributed by atoms with Gasteiger partial charge in [0, 0.05) is 18.3 Å². The van der Waals surface area contributed by atoms with Crippen LogP contribution in [0.25, 0.3) is 0 Å². The summed E-state index contributed by atoms with van der Waals surface area (Å²) < 4.78 is 0. The first-order valence-corrected chi connectivity index (χ1v) is 12.5. The number of aliphatic carboxylic acids is 2. The number of H-pyrrole nitrogens is 1. The number of aromatic amines is 1. The number of nitrogens with one attached hydrogen (secondary N) is 4. The van der Waals surface area contributed by atoms with E-state index < -0.39 is 66.2 Å². The van der Waals surface area contributed by atoms with Crippen molar-refractivity contribution in [3.05, 3.63) is 18.2 Å². The number of amides is 3. The van der Waals surface area contributed by atoms with Crippen molar-refractivity contribution < 1.29 is 34.2 Å². The zero-order chi connectivity index (χ0) is 26.5. The van der Waals surface area contributed by atoms with E-state index in [9.17, 15) is 34.2 Å². The molecule has 196 valence electrons. The number of carboxylic acids is 2. The van der Waals surface area contributed by atoms with Crippen molar-refractivity contribution in [1.29, 1.82) is 0 Å². The topological polar surface area (TPSA) is 217 Å². The summed E-state index contributed by atoms with van der Waals surface area (Å²) >= 11 is 1.51. The standard InChI is InChI=1S/C21H34N6O7S/c1-4-11(2)17(21(33)34)27-20(32)15(8-16(28)29)26-19(31)14(7-12-9-23-10-24-12)25-18(30)13(22)5-6-35-3/h9-11,13-15,17H,4-8,22H2,1-3H3,(H,23,24)(H,25,30)(H,26,31)(H,27,32)(H,28,29)(H,33,34). The van der Waals surface area contributed by atoms with Gasteiger partial charge in [-0.25, -0.2) is 9.78 Å². The fourth-order valence-corrected chi connectivity index (χ4v) is 3.56. The maximum absolute atomic E-state index is 13.1. The van der Waals surface area contributed by atoms with Crippen LogP contribution in [-0.2, 0) is 30.4 Å². The molecule has 5 atom stereocenters. The highest BCUT2D eigenvalue weighted by atomic mass is 32.2. The van der Waals surface area contributed by atoms with E-state index in [1.54, 1.807) is 13.8 Å². The molecule has 0 aliphatic rings. The molecule has 1 aromatic heterocycles. The number of carboxylic acid groups (broad SMARTS) is 2. The van der Waals surface area contributed by atoms with Crippen LogP contribution in [0.1, 0.15) is 38.8 Å². The second-order valence-corrected chi connectivity index (χ2v) is 9.08. The Bertz CT molecular complexity index is 866. The molecule has 8 N–H and O–H groups in total. The van der Waals surface area contributed by atoms with Crippen molar-refractivity contribution in [2.24, 2.45) is 11.7 Å². The van der Waals surface area contributed by atoms with Crippen LogP contribution in [0.5, 0.6) is 0 Å². The number of aromatic nitrogens is 2. The Morgan fingerprint density at radius 1 is 1.09 bits per heavy atom. The average Bonchev–Trinajstić information content (AvgIpc) is 3.31. The summed E-state index contributed by atoms with van der Waals surface area (Å²) in [6.07, 6.45) is 4.71. The lowest BCUT2D eigenvalue weighted by Gasteiger charge is -2.26. The number of nitrogens with two attached hydrogens (primary N) is 1. The van der Waals surface area contributed by atoms with E-state index in [-0.39, 0.29) is 6.42 Å². The van der Waals surface area contributed by atoms with Crippen molar-refractivity contribution in [3.8, 4) is 0 Å². The molecule has 0 saturated carbocycles. The van der Waals surface area contributed by atoms with Gasteiger partial charge in [-0.15, -0.1) is 0 Å². The summed E-state index contributed by atoms with van der Waals surface area (Å²) in [6.45, 7) is 3.37. The Kier molecular flexibility index (Phi) is 12.8. The largest absolute Gasteiger partial charge is 0.481 e. The number of nitrogens with zero attached hydrogens (tertiary/aromatic N) is 1. The molecular formula is C21H34N6O7S. The molecule has 0 spiro atoms. The van der Waals surface area contributed by atoms with Gasteiger partial charge < -0.3 is 36.9 Å². The lowest BCUT2D eigenvalue weighted by Crippen LogP contribution is -2.58. The molecule has 3 amide bonds. The number of carbonyl (C=O) groups is 5. The van der Waals surface area contributed by atoms with E-state index in [1.165, 1.54) is 24.3 Å². The fourth-order valence-electron chi connectivity index (χ4n) is 3.07. The first-order valence-electron chi connectivity index (χ1n) is 11.1. The van der Waals surface area contributed by atoms with E-state index >= 15 is 0 Å². The van der Waals surface area contributed by atoms with Gasteiger partial charge in [0.25, 0.3) is 0 Å². The van der Waals surface area contributed by atoms with Gasteiger partial charge >= 0.3 is 11.9 Å². The second kappa shape index (κ2) is 15.0. The normalized spacial score (nSPS) is 15.2. The van der Waals surface area contributed by atoms with E-state index in [1.807, 2.05) is 6.26 Å². The van der Waals surface area contributed by atoms with E-state index in [0.717, 1.165) is 0 Å². The summed E-state index contributed by atoms with van der Waals surface area (Å²) in [5, 5.41) is 25.8. The van der Waals surface area contributed by atoms with Gasteiger partial charge in [0.2, 0.25) is 17.7 Å². The van der Waals surface area contributed by atoms with Crippen LogP contribution in [0.4, 0.5) is 0 Å². The summed E-state index contributed by atoms with van der Waals surface area (Å²) in [6, 6.07) is -4.91. The number of rotatable bonds is 16. The van der Waals surface area contributed by atoms with Crippen LogP contribution >= 0.6 is 11.8 Å². The van der Waals surface area contributed by atoms with E-state index in [2.05, 4.69) is 25.9 Å². The number of hydrogen-bond acceptors (Lipinski definition) is 8. The quantitative estimate of drug-likeness (QED) is 0.144. The van der Waals surface area contributed by atoms with Crippen LogP contribution in [0.3, 0.4) is 0 Å². The highest BCUT2D eigenvalue weighted by Crippen LogP contribution is 2.09. The maximum Gasteiger partial charge on any atom is 0.326 e. The van der Waals surface area contributed by atoms with Crippen molar-refractivity contribution in [2.75, 3.05) is 12.0 Å². The monoisotopic (exact) mass is 514 g/mol. The van der Waals surface area contributed by atoms with Gasteiger partial charge in [0.1, 0.15) is 18.1 Å². The molecule has 0 fully saturated rings.